The van der Waals surface area contributed by atoms with Gasteiger partial charge in [0.15, 0.2) is 5.13 Å². The fraction of sp³-hybridized carbons (Fsp3) is 0.429. The molecule has 0 atom stereocenters. The molecule has 0 aliphatic carbocycles. The first-order valence-corrected chi connectivity index (χ1v) is 7.29. The molecule has 1 aromatic carbocycles. The molecule has 0 radical (unpaired) electrons. The average Bonchev–Trinajstić information content (AvgIpc) is 2.79. The molecule has 0 bridgehead atoms. The number of nitrogens with one attached hydrogen (secondary N) is 2. The van der Waals surface area contributed by atoms with Gasteiger partial charge in [-0.2, -0.15) is 0 Å². The van der Waals surface area contributed by atoms with Crippen LogP contribution < -0.4 is 15.4 Å². The Kier molecular flexibility index (Phi) is 4.25. The van der Waals surface area contributed by atoms with Crippen LogP contribution in [0.1, 0.15) is 20.8 Å². The number of methoxy groups -OCH3 is 1. The van der Waals surface area contributed by atoms with E-state index in [1.54, 1.807) is 7.11 Å². The first kappa shape index (κ1) is 14.7. The van der Waals surface area contributed by atoms with Gasteiger partial charge in [0.25, 0.3) is 0 Å². The van der Waals surface area contributed by atoms with Crippen LogP contribution in [0.25, 0.3) is 10.2 Å². The molecular formula is C14H19N3O2S. The molecule has 108 valence electrons. The van der Waals surface area contributed by atoms with Gasteiger partial charge in [0, 0.05) is 0 Å². The number of anilines is 1. The van der Waals surface area contributed by atoms with Gasteiger partial charge in [0.2, 0.25) is 5.91 Å². The maximum Gasteiger partial charge on any atom is 0.245 e. The molecule has 2 N–H and O–H groups in total. The third-order valence-corrected chi connectivity index (χ3v) is 3.94. The highest BCUT2D eigenvalue weighted by molar-refractivity contribution is 7.22. The van der Waals surface area contributed by atoms with E-state index in [1.165, 1.54) is 11.3 Å². The predicted molar refractivity (Wildman–Crippen MR) is 82.6 cm³/mol. The summed E-state index contributed by atoms with van der Waals surface area (Å²) in [7, 11) is 1.63. The number of amides is 1. The molecule has 1 heterocycles. The lowest BCUT2D eigenvalue weighted by Gasteiger charge is -2.23. The van der Waals surface area contributed by atoms with Crippen molar-refractivity contribution in [2.45, 2.75) is 26.3 Å². The Hall–Kier alpha value is -1.66. The lowest BCUT2D eigenvalue weighted by molar-refractivity contribution is -0.121. The SMILES string of the molecule is CCNC(C)(C)C(=O)Nc1nc2ccc(OC)cc2s1. The van der Waals surface area contributed by atoms with E-state index in [-0.39, 0.29) is 5.91 Å². The van der Waals surface area contributed by atoms with E-state index >= 15 is 0 Å². The molecular weight excluding hydrogens is 274 g/mol. The highest BCUT2D eigenvalue weighted by Gasteiger charge is 2.26. The number of hydrogen-bond acceptors (Lipinski definition) is 5. The molecule has 0 spiro atoms. The third-order valence-electron chi connectivity index (χ3n) is 3.00. The number of hydrogen-bond donors (Lipinski definition) is 2. The van der Waals surface area contributed by atoms with Gasteiger partial charge in [-0.25, -0.2) is 4.98 Å². The van der Waals surface area contributed by atoms with E-state index in [0.29, 0.717) is 5.13 Å². The van der Waals surface area contributed by atoms with Gasteiger partial charge in [-0.3, -0.25) is 4.79 Å². The Morgan fingerprint density at radius 1 is 1.45 bits per heavy atom. The predicted octanol–water partition coefficient (Wildman–Crippen LogP) is 2.63. The molecule has 5 nitrogen and oxygen atoms in total. The Morgan fingerprint density at radius 2 is 2.20 bits per heavy atom. The van der Waals surface area contributed by atoms with Gasteiger partial charge in [-0.1, -0.05) is 18.3 Å². The summed E-state index contributed by atoms with van der Waals surface area (Å²) in [5.41, 5.74) is 0.233. The normalized spacial score (nSPS) is 11.6. The van der Waals surface area contributed by atoms with Gasteiger partial charge >= 0.3 is 0 Å². The number of nitrogens with zero attached hydrogens (tertiary/aromatic N) is 1. The summed E-state index contributed by atoms with van der Waals surface area (Å²) in [4.78, 5) is 16.6. The Labute approximate surface area is 122 Å². The standard InChI is InChI=1S/C14H19N3O2S/c1-5-15-14(2,3)12(18)17-13-16-10-7-6-9(19-4)8-11(10)20-13/h6-8,15H,5H2,1-4H3,(H,16,17,18). The van der Waals surface area contributed by atoms with Crippen molar-refractivity contribution in [1.82, 2.24) is 10.3 Å². The average molecular weight is 293 g/mol. The lowest BCUT2D eigenvalue weighted by Crippen LogP contribution is -2.49. The number of carbonyl (C=O) groups excluding carboxylic acids is 1. The number of benzene rings is 1. The van der Waals surface area contributed by atoms with Crippen LogP contribution in [0.15, 0.2) is 18.2 Å². The number of carbonyl (C=O) groups is 1. The summed E-state index contributed by atoms with van der Waals surface area (Å²) < 4.78 is 6.17. The van der Waals surface area contributed by atoms with Gasteiger partial charge in [0.05, 0.1) is 22.9 Å². The number of ether oxygens (including phenoxy) is 1. The van der Waals surface area contributed by atoms with E-state index in [4.69, 9.17) is 4.74 Å². The zero-order valence-electron chi connectivity index (χ0n) is 12.1. The second-order valence-corrected chi connectivity index (χ2v) is 5.99. The molecule has 0 unspecified atom stereocenters. The van der Waals surface area contributed by atoms with Crippen LogP contribution in [0, 0.1) is 0 Å². The molecule has 2 rings (SSSR count). The summed E-state index contributed by atoms with van der Waals surface area (Å²) in [5, 5.41) is 6.60. The lowest BCUT2D eigenvalue weighted by atomic mass is 10.1. The topological polar surface area (TPSA) is 63.2 Å². The Bertz CT molecular complexity index is 622. The highest BCUT2D eigenvalue weighted by Crippen LogP contribution is 2.29. The molecule has 6 heteroatoms. The quantitative estimate of drug-likeness (QED) is 0.889. The van der Waals surface area contributed by atoms with Crippen LogP contribution in [0.5, 0.6) is 5.75 Å². The highest BCUT2D eigenvalue weighted by atomic mass is 32.1. The minimum atomic E-state index is -0.621. The smallest absolute Gasteiger partial charge is 0.245 e. The molecule has 2 aromatic rings. The molecule has 0 saturated carbocycles. The van der Waals surface area contributed by atoms with Crippen LogP contribution >= 0.6 is 11.3 Å². The van der Waals surface area contributed by atoms with Crippen LogP contribution in [0.2, 0.25) is 0 Å². The van der Waals surface area contributed by atoms with Gasteiger partial charge in [0.1, 0.15) is 5.75 Å². The van der Waals surface area contributed by atoms with Crippen molar-refractivity contribution in [3.8, 4) is 5.75 Å². The maximum absolute atomic E-state index is 12.2. The molecule has 0 aliphatic heterocycles. The van der Waals surface area contributed by atoms with Gasteiger partial charge in [-0.15, -0.1) is 0 Å². The fourth-order valence-electron chi connectivity index (χ4n) is 1.86. The monoisotopic (exact) mass is 293 g/mol. The van der Waals surface area contributed by atoms with Crippen molar-refractivity contribution in [1.29, 1.82) is 0 Å². The van der Waals surface area contributed by atoms with Crippen LogP contribution in [0.3, 0.4) is 0 Å². The number of likely N-dealkylation sites (N-methyl/N-ethyl adjacent to an activating group) is 1. The third kappa shape index (κ3) is 3.08. The van der Waals surface area contributed by atoms with Crippen molar-refractivity contribution < 1.29 is 9.53 Å². The fourth-order valence-corrected chi connectivity index (χ4v) is 2.75. The van der Waals surface area contributed by atoms with E-state index in [2.05, 4.69) is 15.6 Å². The first-order valence-electron chi connectivity index (χ1n) is 6.47. The minimum absolute atomic E-state index is 0.0922. The Balaban J connectivity index is 2.20. The van der Waals surface area contributed by atoms with E-state index in [9.17, 15) is 4.79 Å². The molecule has 1 aromatic heterocycles. The molecule has 1 amide bonds. The number of rotatable bonds is 5. The first-order chi connectivity index (χ1) is 9.46. The Morgan fingerprint density at radius 3 is 2.85 bits per heavy atom. The zero-order chi connectivity index (χ0) is 14.8. The molecule has 0 saturated heterocycles. The van der Waals surface area contributed by atoms with Crippen molar-refractivity contribution in [2.24, 2.45) is 0 Å². The minimum Gasteiger partial charge on any atom is -0.497 e. The van der Waals surface area contributed by atoms with Crippen LogP contribution in [-0.2, 0) is 4.79 Å². The van der Waals surface area contributed by atoms with Gasteiger partial charge in [-0.05, 0) is 38.6 Å². The van der Waals surface area contributed by atoms with E-state index < -0.39 is 5.54 Å². The summed E-state index contributed by atoms with van der Waals surface area (Å²) in [6.45, 7) is 6.40. The summed E-state index contributed by atoms with van der Waals surface area (Å²) >= 11 is 1.44. The van der Waals surface area contributed by atoms with Crippen molar-refractivity contribution in [3.05, 3.63) is 18.2 Å². The van der Waals surface area contributed by atoms with Crippen LogP contribution in [-0.4, -0.2) is 30.1 Å². The summed E-state index contributed by atoms with van der Waals surface area (Å²) in [5.74, 6) is 0.692. The van der Waals surface area contributed by atoms with Crippen LogP contribution in [0.4, 0.5) is 5.13 Å². The van der Waals surface area contributed by atoms with Crippen molar-refractivity contribution >= 4 is 32.6 Å². The largest absolute Gasteiger partial charge is 0.497 e. The zero-order valence-corrected chi connectivity index (χ0v) is 12.9. The van der Waals surface area contributed by atoms with Gasteiger partial charge < -0.3 is 15.4 Å². The number of aromatic nitrogens is 1. The maximum atomic E-state index is 12.2. The second kappa shape index (κ2) is 5.76. The number of thiazole rings is 1. The van der Waals surface area contributed by atoms with E-state index in [0.717, 1.165) is 22.5 Å². The molecule has 20 heavy (non-hydrogen) atoms. The second-order valence-electron chi connectivity index (χ2n) is 4.96. The van der Waals surface area contributed by atoms with Crippen molar-refractivity contribution in [2.75, 3.05) is 19.0 Å². The van der Waals surface area contributed by atoms with Crippen molar-refractivity contribution in [3.63, 3.8) is 0 Å². The number of fused-ring (bicyclic) bond motifs is 1. The molecule has 0 fully saturated rings. The summed E-state index contributed by atoms with van der Waals surface area (Å²) in [6, 6.07) is 5.66. The summed E-state index contributed by atoms with van der Waals surface area (Å²) in [6.07, 6.45) is 0. The molecule has 0 aliphatic rings. The van der Waals surface area contributed by atoms with E-state index in [1.807, 2.05) is 39.0 Å².